The number of nitrogens with one attached hydrogen (secondary N) is 4. The highest BCUT2D eigenvalue weighted by Gasteiger charge is 2.43. The summed E-state index contributed by atoms with van der Waals surface area (Å²) in [5, 5.41) is 8.86. The molecular weight excluding hydrogens is 843 g/mol. The van der Waals surface area contributed by atoms with Crippen molar-refractivity contribution < 1.29 is 19.2 Å². The average molecular weight is 894 g/mol. The Morgan fingerprint density at radius 3 is 1.60 bits per heavy atom. The first-order chi connectivity index (χ1) is 29.0. The van der Waals surface area contributed by atoms with E-state index >= 15 is 0 Å². The molecule has 0 spiro atoms. The highest BCUT2D eigenvalue weighted by Crippen LogP contribution is 2.30. The molecule has 2 unspecified atom stereocenters. The molecule has 0 aromatic carbocycles. The first-order valence-electron chi connectivity index (χ1n) is 19.0. The Hall–Kier alpha value is -6.73. The first kappa shape index (κ1) is 49.6. The van der Waals surface area contributed by atoms with Crippen LogP contribution in [0.1, 0.15) is 93.8 Å². The number of nitrogens with two attached hydrogens (primary N) is 2. The van der Waals surface area contributed by atoms with Gasteiger partial charge in [0.25, 0.3) is 34.4 Å². The van der Waals surface area contributed by atoms with Gasteiger partial charge in [0.15, 0.2) is 0 Å². The van der Waals surface area contributed by atoms with Crippen LogP contribution in [-0.2, 0) is 16.1 Å². The lowest BCUT2D eigenvalue weighted by molar-refractivity contribution is -0.119. The molecule has 5 aromatic rings. The van der Waals surface area contributed by atoms with E-state index in [1.54, 1.807) is 49.6 Å². The number of carbonyl (C=O) groups excluding carboxylic acids is 4. The van der Waals surface area contributed by atoms with E-state index < -0.39 is 22.8 Å². The van der Waals surface area contributed by atoms with Crippen molar-refractivity contribution in [1.29, 1.82) is 0 Å². The summed E-state index contributed by atoms with van der Waals surface area (Å²) in [4.78, 5) is 97.3. The zero-order valence-corrected chi connectivity index (χ0v) is 37.1. The average Bonchev–Trinajstić information content (AvgIpc) is 3.65. The Morgan fingerprint density at radius 2 is 1.19 bits per heavy atom. The Morgan fingerprint density at radius 1 is 0.710 bits per heavy atom. The van der Waals surface area contributed by atoms with Crippen LogP contribution < -0.4 is 44.1 Å². The van der Waals surface area contributed by atoms with Crippen LogP contribution in [0.2, 0.25) is 10.0 Å². The van der Waals surface area contributed by atoms with E-state index in [1.807, 2.05) is 55.4 Å². The number of pyridine rings is 3. The van der Waals surface area contributed by atoms with Gasteiger partial charge in [-0.3, -0.25) is 42.7 Å². The number of aromatic amines is 1. The van der Waals surface area contributed by atoms with Gasteiger partial charge in [-0.25, -0.2) is 19.9 Å². The van der Waals surface area contributed by atoms with Crippen molar-refractivity contribution in [3.63, 3.8) is 0 Å². The van der Waals surface area contributed by atoms with Gasteiger partial charge in [-0.05, 0) is 81.1 Å². The fraction of sp³-hybridized carbons (Fsp3) is 0.341. The largest absolute Gasteiger partial charge is 0.384 e. The number of H-pyrrole nitrogens is 1. The predicted octanol–water partition coefficient (Wildman–Crippen LogP) is 4.45. The van der Waals surface area contributed by atoms with Gasteiger partial charge < -0.3 is 32.4 Å². The van der Waals surface area contributed by atoms with E-state index in [0.717, 1.165) is 0 Å². The molecule has 0 aliphatic carbocycles. The van der Waals surface area contributed by atoms with E-state index in [4.69, 9.17) is 34.7 Å². The molecular formula is C41H50Cl2N12O7. The standard InChI is InChI=1S/C15H17N5O2.C11H13ClN2O2.C6H5ClN2O2.C5H10O.C4H5N3/c1-9(2)15(3)19-13(21)11-5-4-10(14(22)20(11)15)18-12-6-7-16-8-17-12;1-6(2)11(3)13-9(15)8-5-4-7(12)10(16)14(8)11;7-3-1-2-4(5(8)10)9-6(3)11;1-4(2)5(3)6;5-4-1-2-6-3-7-4/h4-9H,1-3H3,(H,19,21)(H,16,17,18);4-6H,1-3H3,(H,13,15);1-2H,(H2,8,10)(H,9,11);4H,1-3H3;1-3H,(H2,5,6,7). The molecule has 19 nitrogen and oxygen atoms in total. The number of ketones is 1. The summed E-state index contributed by atoms with van der Waals surface area (Å²) in [5.41, 5.74) is 8.71. The number of nitrogens with zero attached hydrogens (tertiary/aromatic N) is 6. The summed E-state index contributed by atoms with van der Waals surface area (Å²) in [6.45, 7) is 16.9. The summed E-state index contributed by atoms with van der Waals surface area (Å²) in [6, 6.07) is 12.3. The minimum Gasteiger partial charge on any atom is -0.384 e. The van der Waals surface area contributed by atoms with Crippen molar-refractivity contribution in [2.24, 2.45) is 23.5 Å². The Bertz CT molecular complexity index is 2580. The summed E-state index contributed by atoms with van der Waals surface area (Å²) in [7, 11) is 0. The number of anilines is 3. The number of Topliss-reactive ketones (excluding diaryl/α,β-unsaturated/α-hetero) is 1. The molecule has 0 fully saturated rings. The van der Waals surface area contributed by atoms with Crippen molar-refractivity contribution in [3.8, 4) is 0 Å². The third-order valence-electron chi connectivity index (χ3n) is 9.88. The SMILES string of the molecule is CC(=O)C(C)C.CC(C)C1(C)NC(=O)c2ccc(Cl)c(=O)n21.CC(C)C1(C)NC(=O)c2ccc(Nc3ccncn3)c(=O)n21.NC(=O)c1ccc(Cl)c(=O)[nH]1.Nc1ccncn1. The lowest BCUT2D eigenvalue weighted by Crippen LogP contribution is -2.48. The van der Waals surface area contributed by atoms with Crippen LogP contribution in [-0.4, -0.2) is 57.6 Å². The normalized spacial score (nSPS) is 16.7. The Kier molecular flexibility index (Phi) is 17.0. The van der Waals surface area contributed by atoms with Gasteiger partial charge in [0.2, 0.25) is 0 Å². The molecule has 0 radical (unpaired) electrons. The van der Waals surface area contributed by atoms with Crippen LogP contribution in [0.4, 0.5) is 17.3 Å². The molecule has 3 amide bonds. The fourth-order valence-electron chi connectivity index (χ4n) is 5.33. The number of aromatic nitrogens is 7. The van der Waals surface area contributed by atoms with Crippen LogP contribution in [0.25, 0.3) is 0 Å². The van der Waals surface area contributed by atoms with E-state index in [9.17, 15) is 33.6 Å². The number of hydrogen-bond acceptors (Lipinski definition) is 13. The highest BCUT2D eigenvalue weighted by molar-refractivity contribution is 6.30. The molecule has 0 saturated heterocycles. The van der Waals surface area contributed by atoms with Crippen LogP contribution in [0.5, 0.6) is 0 Å². The molecule has 0 saturated carbocycles. The lowest BCUT2D eigenvalue weighted by Gasteiger charge is -2.31. The van der Waals surface area contributed by atoms with Gasteiger partial charge >= 0.3 is 0 Å². The second-order valence-corrected chi connectivity index (χ2v) is 15.8. The lowest BCUT2D eigenvalue weighted by atomic mass is 9.98. The van der Waals surface area contributed by atoms with Crippen LogP contribution >= 0.6 is 23.2 Å². The molecule has 2 atom stereocenters. The van der Waals surface area contributed by atoms with E-state index in [1.165, 1.54) is 40.0 Å². The third-order valence-corrected chi connectivity index (χ3v) is 10.5. The summed E-state index contributed by atoms with van der Waals surface area (Å²) < 4.78 is 2.96. The summed E-state index contributed by atoms with van der Waals surface area (Å²) in [5.74, 6) is 0.510. The van der Waals surface area contributed by atoms with Gasteiger partial charge in [0, 0.05) is 18.3 Å². The molecule has 0 bridgehead atoms. The number of carbonyl (C=O) groups is 4. The summed E-state index contributed by atoms with van der Waals surface area (Å²) in [6.07, 6.45) is 6.00. The number of hydrogen-bond donors (Lipinski definition) is 6. The molecule has 2 aliphatic heterocycles. The van der Waals surface area contributed by atoms with Gasteiger partial charge in [-0.2, -0.15) is 0 Å². The van der Waals surface area contributed by atoms with Gasteiger partial charge in [0.1, 0.15) is 74.2 Å². The minimum absolute atomic E-state index is 0.0370. The number of amides is 3. The maximum atomic E-state index is 12.8. The zero-order chi connectivity index (χ0) is 46.7. The number of halogens is 2. The number of nitrogen functional groups attached to an aromatic ring is 1. The van der Waals surface area contributed by atoms with Crippen molar-refractivity contribution >= 4 is 64.0 Å². The van der Waals surface area contributed by atoms with Crippen molar-refractivity contribution in [3.05, 3.63) is 132 Å². The van der Waals surface area contributed by atoms with Crippen molar-refractivity contribution in [1.82, 2.24) is 44.7 Å². The zero-order valence-electron chi connectivity index (χ0n) is 35.6. The number of rotatable bonds is 6. The summed E-state index contributed by atoms with van der Waals surface area (Å²) >= 11 is 11.2. The number of primary amides is 1. The van der Waals surface area contributed by atoms with Crippen molar-refractivity contribution in [2.75, 3.05) is 11.1 Å². The van der Waals surface area contributed by atoms with Crippen LogP contribution in [0.15, 0.2) is 88.0 Å². The van der Waals surface area contributed by atoms with Crippen LogP contribution in [0, 0.1) is 17.8 Å². The predicted molar refractivity (Wildman–Crippen MR) is 236 cm³/mol. The molecule has 5 aromatic heterocycles. The quantitative estimate of drug-likeness (QED) is 0.138. The molecule has 8 N–H and O–H groups in total. The molecule has 7 heterocycles. The molecule has 62 heavy (non-hydrogen) atoms. The minimum atomic E-state index is -0.743. The fourth-order valence-corrected chi connectivity index (χ4v) is 5.59. The maximum Gasteiger partial charge on any atom is 0.276 e. The molecule has 330 valence electrons. The first-order valence-corrected chi connectivity index (χ1v) is 19.8. The monoisotopic (exact) mass is 892 g/mol. The van der Waals surface area contributed by atoms with E-state index in [2.05, 4.69) is 40.9 Å². The topological polar surface area (TPSA) is 285 Å². The van der Waals surface area contributed by atoms with Crippen LogP contribution in [0.3, 0.4) is 0 Å². The highest BCUT2D eigenvalue weighted by atomic mass is 35.5. The number of fused-ring (bicyclic) bond motifs is 2. The van der Waals surface area contributed by atoms with Gasteiger partial charge in [-0.1, -0.05) is 64.7 Å². The second-order valence-electron chi connectivity index (χ2n) is 15.0. The van der Waals surface area contributed by atoms with Gasteiger partial charge in [0.05, 0.1) is 0 Å². The Balaban J connectivity index is 0.000000224. The second kappa shape index (κ2) is 21.2. The molecule has 21 heteroatoms. The van der Waals surface area contributed by atoms with Gasteiger partial charge in [-0.15, -0.1) is 0 Å². The van der Waals surface area contributed by atoms with E-state index in [-0.39, 0.29) is 62.2 Å². The molecule has 2 aliphatic rings. The molecule has 7 rings (SSSR count). The maximum absolute atomic E-state index is 12.8. The van der Waals surface area contributed by atoms with E-state index in [0.29, 0.717) is 28.7 Å². The smallest absolute Gasteiger partial charge is 0.276 e. The van der Waals surface area contributed by atoms with Crippen molar-refractivity contribution in [2.45, 2.75) is 73.6 Å². The third kappa shape index (κ3) is 12.0. The Labute approximate surface area is 366 Å².